The topological polar surface area (TPSA) is 73.8 Å². The van der Waals surface area contributed by atoms with Crippen LogP contribution in [0.15, 0.2) is 54.6 Å². The molecule has 11 heteroatoms. The minimum Gasteiger partial charge on any atom is -0.371 e. The molecule has 0 spiro atoms. The number of halogens is 3. The van der Waals surface area contributed by atoms with Crippen molar-refractivity contribution in [2.45, 2.75) is 63.5 Å². The predicted molar refractivity (Wildman–Crippen MR) is 160 cm³/mol. The predicted octanol–water partition coefficient (Wildman–Crippen LogP) is 5.91. The second kappa shape index (κ2) is 11.9. The molecule has 1 aliphatic heterocycles. The first-order valence-corrected chi connectivity index (χ1v) is 16.1. The molecule has 2 heterocycles. The number of hydrogen-bond acceptors (Lipinski definition) is 5. The molecule has 5 rings (SSSR count). The molecule has 0 bridgehead atoms. The van der Waals surface area contributed by atoms with E-state index in [4.69, 9.17) is 0 Å². The van der Waals surface area contributed by atoms with Crippen LogP contribution in [-0.2, 0) is 28.4 Å². The number of benzene rings is 2. The summed E-state index contributed by atoms with van der Waals surface area (Å²) in [7, 11) is -0.659. The lowest BCUT2D eigenvalue weighted by atomic mass is 10.00. The standard InChI is InChI=1S/C32H37F3N4O3S/c1-21-16-28(17-22(2)36-21)39-14-12-27(13-15-39)37(3)31(40)25-9-8-24-10-11-30(29(24)19-25)38(4)43(41,42)20-23-6-5-7-26(18-23)32(33,34)35/h5-9,16-19,27,30H,10-15,20H2,1-4H3. The third-order valence-electron chi connectivity index (χ3n) is 8.68. The number of aryl methyl sites for hydroxylation is 3. The Morgan fingerprint density at radius 2 is 1.65 bits per heavy atom. The third-order valence-corrected chi connectivity index (χ3v) is 10.5. The van der Waals surface area contributed by atoms with Crippen LogP contribution >= 0.6 is 0 Å². The number of hydrogen-bond donors (Lipinski definition) is 0. The summed E-state index contributed by atoms with van der Waals surface area (Å²) in [5.74, 6) is -0.658. The van der Waals surface area contributed by atoms with Crippen LogP contribution in [-0.4, -0.2) is 61.7 Å². The number of aromatic nitrogens is 1. The molecular weight excluding hydrogens is 577 g/mol. The van der Waals surface area contributed by atoms with Crippen LogP contribution in [0, 0.1) is 13.8 Å². The molecule has 1 atom stereocenters. The summed E-state index contributed by atoms with van der Waals surface area (Å²) >= 11 is 0. The summed E-state index contributed by atoms with van der Waals surface area (Å²) in [6.07, 6.45) is -1.71. The van der Waals surface area contributed by atoms with Gasteiger partial charge in [-0.05, 0) is 86.6 Å². The van der Waals surface area contributed by atoms with Crippen LogP contribution in [0.3, 0.4) is 0 Å². The maximum Gasteiger partial charge on any atom is 0.416 e. The van der Waals surface area contributed by atoms with Gasteiger partial charge in [0.2, 0.25) is 10.0 Å². The van der Waals surface area contributed by atoms with Gasteiger partial charge in [-0.15, -0.1) is 0 Å². The largest absolute Gasteiger partial charge is 0.416 e. The Morgan fingerprint density at radius 3 is 2.30 bits per heavy atom. The third kappa shape index (κ3) is 6.72. The van der Waals surface area contributed by atoms with Crippen LogP contribution in [0.25, 0.3) is 0 Å². The fraction of sp³-hybridized carbons (Fsp3) is 0.438. The second-order valence-electron chi connectivity index (χ2n) is 11.7. The van der Waals surface area contributed by atoms with E-state index >= 15 is 0 Å². The van der Waals surface area contributed by atoms with Crippen molar-refractivity contribution in [1.82, 2.24) is 14.2 Å². The number of anilines is 1. The molecule has 1 aromatic heterocycles. The van der Waals surface area contributed by atoms with Gasteiger partial charge in [-0.25, -0.2) is 8.42 Å². The Bertz CT molecular complexity index is 1600. The summed E-state index contributed by atoms with van der Waals surface area (Å²) in [4.78, 5) is 22.2. The van der Waals surface area contributed by atoms with Crippen molar-refractivity contribution >= 4 is 21.6 Å². The molecule has 230 valence electrons. The van der Waals surface area contributed by atoms with Crippen molar-refractivity contribution in [2.24, 2.45) is 0 Å². The number of pyridine rings is 1. The highest BCUT2D eigenvalue weighted by molar-refractivity contribution is 7.88. The van der Waals surface area contributed by atoms with Gasteiger partial charge in [-0.3, -0.25) is 9.78 Å². The van der Waals surface area contributed by atoms with Crippen molar-refractivity contribution in [3.05, 3.63) is 93.8 Å². The average Bonchev–Trinajstić information content (AvgIpc) is 3.38. The molecule has 1 aliphatic carbocycles. The maximum absolute atomic E-state index is 13.6. The van der Waals surface area contributed by atoms with Gasteiger partial charge < -0.3 is 9.80 Å². The van der Waals surface area contributed by atoms with Gasteiger partial charge in [-0.2, -0.15) is 17.5 Å². The monoisotopic (exact) mass is 614 g/mol. The Labute approximate surface area is 251 Å². The van der Waals surface area contributed by atoms with Gasteiger partial charge in [0.25, 0.3) is 5.91 Å². The zero-order valence-corrected chi connectivity index (χ0v) is 25.7. The van der Waals surface area contributed by atoms with Crippen molar-refractivity contribution < 1.29 is 26.4 Å². The van der Waals surface area contributed by atoms with Crippen molar-refractivity contribution in [2.75, 3.05) is 32.1 Å². The van der Waals surface area contributed by atoms with E-state index in [-0.39, 0.29) is 17.5 Å². The summed E-state index contributed by atoms with van der Waals surface area (Å²) in [5, 5.41) is 0. The lowest BCUT2D eigenvalue weighted by Gasteiger charge is -2.38. The van der Waals surface area contributed by atoms with Crippen LogP contribution < -0.4 is 4.90 Å². The molecular formula is C32H37F3N4O3S. The Hall–Kier alpha value is -3.44. The van der Waals surface area contributed by atoms with Gasteiger partial charge in [0.15, 0.2) is 0 Å². The van der Waals surface area contributed by atoms with Crippen LogP contribution in [0.2, 0.25) is 0 Å². The quantitative estimate of drug-likeness (QED) is 0.331. The van der Waals surface area contributed by atoms with E-state index in [1.165, 1.54) is 23.5 Å². The highest BCUT2D eigenvalue weighted by Crippen LogP contribution is 2.38. The molecule has 3 aromatic rings. The summed E-state index contributed by atoms with van der Waals surface area (Å²) in [5.41, 5.74) is 4.55. The number of fused-ring (bicyclic) bond motifs is 1. The molecule has 1 fully saturated rings. The van der Waals surface area contributed by atoms with Gasteiger partial charge >= 0.3 is 6.18 Å². The molecule has 0 saturated carbocycles. The van der Waals surface area contributed by atoms with Gasteiger partial charge in [0, 0.05) is 61.9 Å². The first kappa shape index (κ1) is 31.0. The maximum atomic E-state index is 13.6. The zero-order chi connectivity index (χ0) is 31.1. The number of alkyl halides is 3. The number of sulfonamides is 1. The van der Waals surface area contributed by atoms with E-state index in [2.05, 4.69) is 22.0 Å². The molecule has 0 radical (unpaired) electrons. The fourth-order valence-electron chi connectivity index (χ4n) is 6.31. The minimum absolute atomic E-state index is 0.0747. The van der Waals surface area contributed by atoms with Crippen molar-refractivity contribution in [3.8, 4) is 0 Å². The van der Waals surface area contributed by atoms with Crippen molar-refractivity contribution in [3.63, 3.8) is 0 Å². The molecule has 1 amide bonds. The van der Waals surface area contributed by atoms with E-state index < -0.39 is 33.6 Å². The molecule has 0 N–H and O–H groups in total. The van der Waals surface area contributed by atoms with Gasteiger partial charge in [-0.1, -0.05) is 24.3 Å². The second-order valence-corrected chi connectivity index (χ2v) is 13.7. The summed E-state index contributed by atoms with van der Waals surface area (Å²) < 4.78 is 67.4. The van der Waals surface area contributed by atoms with Crippen LogP contribution in [0.1, 0.15) is 69.3 Å². The van der Waals surface area contributed by atoms with Gasteiger partial charge in [0.1, 0.15) is 0 Å². The Morgan fingerprint density at radius 1 is 0.977 bits per heavy atom. The van der Waals surface area contributed by atoms with E-state index in [1.807, 2.05) is 27.0 Å². The van der Waals surface area contributed by atoms with Crippen molar-refractivity contribution in [1.29, 1.82) is 0 Å². The highest BCUT2D eigenvalue weighted by Gasteiger charge is 2.35. The number of carbonyl (C=O) groups excluding carboxylic acids is 1. The fourth-order valence-corrected chi connectivity index (χ4v) is 7.72. The molecule has 7 nitrogen and oxygen atoms in total. The van der Waals surface area contributed by atoms with Crippen LogP contribution in [0.4, 0.5) is 18.9 Å². The normalized spacial score (nSPS) is 17.8. The van der Waals surface area contributed by atoms with E-state index in [0.717, 1.165) is 66.3 Å². The zero-order valence-electron chi connectivity index (χ0n) is 24.9. The van der Waals surface area contributed by atoms with Gasteiger partial charge in [0.05, 0.1) is 11.3 Å². The molecule has 2 aromatic carbocycles. The number of piperidine rings is 1. The number of rotatable bonds is 7. The molecule has 1 saturated heterocycles. The highest BCUT2D eigenvalue weighted by atomic mass is 32.2. The lowest BCUT2D eigenvalue weighted by Crippen LogP contribution is -2.45. The minimum atomic E-state index is -4.55. The molecule has 2 aliphatic rings. The van der Waals surface area contributed by atoms with E-state index in [1.54, 1.807) is 17.0 Å². The first-order valence-electron chi connectivity index (χ1n) is 14.4. The SMILES string of the molecule is Cc1cc(N2CCC(N(C)C(=O)c3ccc4c(c3)C(N(C)S(=O)(=O)Cc3cccc(C(F)(F)F)c3)CC4)CC2)cc(C)n1. The lowest BCUT2D eigenvalue weighted by molar-refractivity contribution is -0.137. The van der Waals surface area contributed by atoms with E-state index in [9.17, 15) is 26.4 Å². The Kier molecular flexibility index (Phi) is 8.59. The number of amides is 1. The smallest absolute Gasteiger partial charge is 0.371 e. The summed E-state index contributed by atoms with van der Waals surface area (Å²) in [6.45, 7) is 5.62. The molecule has 1 unspecified atom stereocenters. The summed E-state index contributed by atoms with van der Waals surface area (Å²) in [6, 6.07) is 13.6. The number of carbonyl (C=O) groups is 1. The van der Waals surface area contributed by atoms with Crippen LogP contribution in [0.5, 0.6) is 0 Å². The average molecular weight is 615 g/mol. The first-order chi connectivity index (χ1) is 20.2. The van der Waals surface area contributed by atoms with E-state index in [0.29, 0.717) is 18.4 Å². The number of nitrogens with zero attached hydrogens (tertiary/aromatic N) is 4. The molecule has 43 heavy (non-hydrogen) atoms. The Balaban J connectivity index is 1.27.